The second-order valence-electron chi connectivity index (χ2n) is 6.12. The molecule has 3 rings (SSSR count). The number of rotatable bonds is 5. The molecule has 4 nitrogen and oxygen atoms in total. The van der Waals surface area contributed by atoms with E-state index in [0.717, 1.165) is 28.3 Å². The molecule has 0 saturated heterocycles. The molecule has 0 aliphatic carbocycles. The van der Waals surface area contributed by atoms with Crippen LogP contribution in [-0.4, -0.2) is 15.0 Å². The average Bonchev–Trinajstić information content (AvgIpc) is 3.03. The van der Waals surface area contributed by atoms with E-state index in [0.29, 0.717) is 23.2 Å². The zero-order chi connectivity index (χ0) is 18.5. The van der Waals surface area contributed by atoms with Crippen molar-refractivity contribution < 1.29 is 4.42 Å². The molecule has 0 atom stereocenters. The summed E-state index contributed by atoms with van der Waals surface area (Å²) in [7, 11) is 0. The Morgan fingerprint density at radius 2 is 2.04 bits per heavy atom. The number of furan rings is 1. The van der Waals surface area contributed by atoms with Crippen molar-refractivity contribution in [2.75, 3.05) is 5.32 Å². The predicted molar refractivity (Wildman–Crippen MR) is 109 cm³/mol. The monoisotopic (exact) mass is 385 g/mol. The minimum absolute atomic E-state index is 0.564. The quantitative estimate of drug-likeness (QED) is 0.600. The molecule has 2 aromatic heterocycles. The molecule has 1 aromatic carbocycles. The third-order valence-electron chi connectivity index (χ3n) is 3.95. The van der Waals surface area contributed by atoms with Gasteiger partial charge >= 0.3 is 0 Å². The summed E-state index contributed by atoms with van der Waals surface area (Å²) in [4.78, 5) is 6.22. The molecule has 0 spiro atoms. The smallest absolute Gasteiger partial charge is 0.174 e. The van der Waals surface area contributed by atoms with Crippen LogP contribution in [0.15, 0.2) is 59.3 Å². The first-order valence-corrected chi connectivity index (χ1v) is 9.06. The Hall–Kier alpha value is -2.37. The van der Waals surface area contributed by atoms with Crippen LogP contribution in [0.3, 0.4) is 0 Å². The molecule has 134 valence electrons. The lowest BCUT2D eigenvalue weighted by Crippen LogP contribution is -2.33. The van der Waals surface area contributed by atoms with Crippen LogP contribution in [0.25, 0.3) is 0 Å². The molecule has 0 saturated carbocycles. The fourth-order valence-corrected chi connectivity index (χ4v) is 2.97. The molecule has 3 aromatic rings. The lowest BCUT2D eigenvalue weighted by Gasteiger charge is -2.25. The molecule has 0 bridgehead atoms. The summed E-state index contributed by atoms with van der Waals surface area (Å²) in [6.45, 7) is 5.09. The van der Waals surface area contributed by atoms with Crippen LogP contribution in [0.4, 0.5) is 5.69 Å². The van der Waals surface area contributed by atoms with Crippen LogP contribution in [0.1, 0.15) is 22.6 Å². The number of thiocarbonyl (C=S) groups is 1. The van der Waals surface area contributed by atoms with Crippen molar-refractivity contribution in [3.05, 3.63) is 82.5 Å². The first kappa shape index (κ1) is 18.4. The van der Waals surface area contributed by atoms with Gasteiger partial charge in [-0.2, -0.15) is 0 Å². The number of aromatic nitrogens is 1. The average molecular weight is 386 g/mol. The molecule has 0 radical (unpaired) electrons. The number of benzene rings is 1. The summed E-state index contributed by atoms with van der Waals surface area (Å²) in [5.41, 5.74) is 2.96. The Morgan fingerprint density at radius 3 is 2.69 bits per heavy atom. The lowest BCUT2D eigenvalue weighted by atomic mass is 10.2. The van der Waals surface area contributed by atoms with Gasteiger partial charge in [-0.05, 0) is 67.5 Å². The van der Waals surface area contributed by atoms with Gasteiger partial charge in [-0.3, -0.25) is 4.98 Å². The van der Waals surface area contributed by atoms with Gasteiger partial charge in [0.1, 0.15) is 11.5 Å². The van der Waals surface area contributed by atoms with Crippen molar-refractivity contribution >= 4 is 34.6 Å². The minimum Gasteiger partial charge on any atom is -0.464 e. The van der Waals surface area contributed by atoms with Gasteiger partial charge in [0.25, 0.3) is 0 Å². The van der Waals surface area contributed by atoms with Crippen LogP contribution < -0.4 is 5.32 Å². The van der Waals surface area contributed by atoms with E-state index in [2.05, 4.69) is 10.3 Å². The Kier molecular flexibility index (Phi) is 5.91. The van der Waals surface area contributed by atoms with Gasteiger partial charge in [0.2, 0.25) is 0 Å². The second-order valence-corrected chi connectivity index (χ2v) is 6.92. The molecule has 6 heteroatoms. The zero-order valence-corrected chi connectivity index (χ0v) is 16.3. The maximum atomic E-state index is 6.22. The van der Waals surface area contributed by atoms with E-state index in [1.165, 1.54) is 0 Å². The van der Waals surface area contributed by atoms with Gasteiger partial charge in [0.15, 0.2) is 5.11 Å². The second kappa shape index (κ2) is 8.34. The van der Waals surface area contributed by atoms with Crippen molar-refractivity contribution in [2.45, 2.75) is 26.9 Å². The van der Waals surface area contributed by atoms with Crippen molar-refractivity contribution in [2.24, 2.45) is 0 Å². The summed E-state index contributed by atoms with van der Waals surface area (Å²) in [5, 5.41) is 4.57. The summed E-state index contributed by atoms with van der Waals surface area (Å²) >= 11 is 11.9. The molecular formula is C20H20ClN3OS. The van der Waals surface area contributed by atoms with Crippen molar-refractivity contribution in [3.63, 3.8) is 0 Å². The van der Waals surface area contributed by atoms with Gasteiger partial charge in [-0.1, -0.05) is 23.7 Å². The number of hydrogen-bond acceptors (Lipinski definition) is 3. The van der Waals surface area contributed by atoms with Crippen LogP contribution in [0.2, 0.25) is 5.02 Å². The Morgan fingerprint density at radius 1 is 1.19 bits per heavy atom. The van der Waals surface area contributed by atoms with Crippen molar-refractivity contribution in [1.29, 1.82) is 0 Å². The van der Waals surface area contributed by atoms with Crippen LogP contribution in [-0.2, 0) is 13.1 Å². The summed E-state index contributed by atoms with van der Waals surface area (Å²) in [6.07, 6.45) is 3.60. The highest BCUT2D eigenvalue weighted by molar-refractivity contribution is 7.80. The molecular weight excluding hydrogens is 366 g/mol. The van der Waals surface area contributed by atoms with E-state index in [4.69, 9.17) is 28.2 Å². The number of nitrogens with zero attached hydrogens (tertiary/aromatic N) is 2. The SMILES string of the molecule is Cc1ccc(CN(Cc2cccnc2)C(=S)Nc2ccc(C)c(Cl)c2)o1. The van der Waals surface area contributed by atoms with Gasteiger partial charge in [0.05, 0.1) is 6.54 Å². The highest BCUT2D eigenvalue weighted by Gasteiger charge is 2.14. The predicted octanol–water partition coefficient (Wildman–Crippen LogP) is 5.34. The van der Waals surface area contributed by atoms with Crippen LogP contribution in [0.5, 0.6) is 0 Å². The van der Waals surface area contributed by atoms with Gasteiger partial charge < -0.3 is 14.6 Å². The molecule has 0 amide bonds. The normalized spacial score (nSPS) is 10.6. The molecule has 0 unspecified atom stereocenters. The third-order valence-corrected chi connectivity index (χ3v) is 4.72. The van der Waals surface area contributed by atoms with E-state index in [1.54, 1.807) is 6.20 Å². The Labute approximate surface area is 163 Å². The Bertz CT molecular complexity index is 895. The number of halogens is 1. The summed E-state index contributed by atoms with van der Waals surface area (Å²) in [6, 6.07) is 13.7. The Balaban J connectivity index is 1.78. The number of anilines is 1. The first-order valence-electron chi connectivity index (χ1n) is 8.27. The molecule has 26 heavy (non-hydrogen) atoms. The van der Waals surface area contributed by atoms with E-state index in [9.17, 15) is 0 Å². The highest BCUT2D eigenvalue weighted by Crippen LogP contribution is 2.21. The fraction of sp³-hybridized carbons (Fsp3) is 0.200. The number of nitrogens with one attached hydrogen (secondary N) is 1. The van der Waals surface area contributed by atoms with E-state index in [1.807, 2.05) is 67.4 Å². The topological polar surface area (TPSA) is 41.3 Å². The van der Waals surface area contributed by atoms with Crippen molar-refractivity contribution in [1.82, 2.24) is 9.88 Å². The maximum absolute atomic E-state index is 6.22. The van der Waals surface area contributed by atoms with Gasteiger partial charge in [-0.25, -0.2) is 0 Å². The molecule has 0 aliphatic heterocycles. The molecule has 2 heterocycles. The maximum Gasteiger partial charge on any atom is 0.174 e. The minimum atomic E-state index is 0.564. The number of pyridine rings is 1. The zero-order valence-electron chi connectivity index (χ0n) is 14.7. The molecule has 1 N–H and O–H groups in total. The summed E-state index contributed by atoms with van der Waals surface area (Å²) < 4.78 is 5.72. The molecule has 0 aliphatic rings. The fourth-order valence-electron chi connectivity index (χ4n) is 2.54. The molecule has 0 fully saturated rings. The van der Waals surface area contributed by atoms with Crippen molar-refractivity contribution in [3.8, 4) is 0 Å². The third kappa shape index (κ3) is 4.84. The van der Waals surface area contributed by atoms with Crippen LogP contribution >= 0.6 is 23.8 Å². The first-order chi connectivity index (χ1) is 12.5. The van der Waals surface area contributed by atoms with E-state index < -0.39 is 0 Å². The van der Waals surface area contributed by atoms with Gasteiger partial charge in [0, 0.05) is 29.6 Å². The van der Waals surface area contributed by atoms with Gasteiger partial charge in [-0.15, -0.1) is 0 Å². The lowest BCUT2D eigenvalue weighted by molar-refractivity contribution is 0.354. The van der Waals surface area contributed by atoms with E-state index >= 15 is 0 Å². The number of hydrogen-bond donors (Lipinski definition) is 1. The standard InChI is InChI=1S/C20H20ClN3OS/c1-14-5-7-17(10-19(14)21)23-20(26)24(12-16-4-3-9-22-11-16)13-18-8-6-15(2)25-18/h3-11H,12-13H2,1-2H3,(H,23,26). The van der Waals surface area contributed by atoms with E-state index in [-0.39, 0.29) is 0 Å². The largest absolute Gasteiger partial charge is 0.464 e. The van der Waals surface area contributed by atoms with Crippen LogP contribution in [0, 0.1) is 13.8 Å². The summed E-state index contributed by atoms with van der Waals surface area (Å²) in [5.74, 6) is 1.74. The highest BCUT2D eigenvalue weighted by atomic mass is 35.5. The number of aryl methyl sites for hydroxylation is 2.